The molecule has 28 heavy (non-hydrogen) atoms. The molecule has 0 spiro atoms. The van der Waals surface area contributed by atoms with E-state index in [0.29, 0.717) is 37.1 Å². The molecule has 0 aromatic heterocycles. The Bertz CT molecular complexity index is 472. The summed E-state index contributed by atoms with van der Waals surface area (Å²) in [6.07, 6.45) is 3.66. The van der Waals surface area contributed by atoms with E-state index in [1.54, 1.807) is 4.90 Å². The van der Waals surface area contributed by atoms with E-state index in [1.807, 2.05) is 20.8 Å². The monoisotopic (exact) mass is 416 g/mol. The van der Waals surface area contributed by atoms with Crippen molar-refractivity contribution >= 4 is 14.4 Å². The van der Waals surface area contributed by atoms with Crippen LogP contribution in [0.4, 0.5) is 4.79 Å². The van der Waals surface area contributed by atoms with Gasteiger partial charge in [0.25, 0.3) is 0 Å². The molecule has 0 unspecified atom stereocenters. The lowest BCUT2D eigenvalue weighted by molar-refractivity contribution is 0.0101. The minimum atomic E-state index is -1.52. The fraction of sp³-hybridized carbons (Fsp3) is 0.952. The van der Waals surface area contributed by atoms with Crippen LogP contribution in [-0.2, 0) is 9.16 Å². The molecule has 2 heterocycles. The molecular weight excluding hydrogens is 372 g/mol. The van der Waals surface area contributed by atoms with Crippen LogP contribution in [0.15, 0.2) is 0 Å². The van der Waals surface area contributed by atoms with E-state index in [0.717, 1.165) is 13.1 Å². The molecule has 2 aliphatic rings. The number of nitrogens with zero attached hydrogens (tertiary/aromatic N) is 1. The Morgan fingerprint density at radius 2 is 1.50 bits per heavy atom. The third-order valence-electron chi connectivity index (χ3n) is 5.67. The smallest absolute Gasteiger partial charge is 0.410 e. The van der Waals surface area contributed by atoms with Gasteiger partial charge in [-0.1, -0.05) is 20.8 Å². The lowest BCUT2D eigenvalue weighted by atomic mass is 10.1. The van der Waals surface area contributed by atoms with E-state index in [9.17, 15) is 9.90 Å². The van der Waals surface area contributed by atoms with E-state index < -0.39 is 13.9 Å². The topological polar surface area (TPSA) is 71.0 Å². The number of likely N-dealkylation sites (tertiary alicyclic amines) is 1. The van der Waals surface area contributed by atoms with Crippen molar-refractivity contribution < 1.29 is 19.1 Å². The molecule has 0 atom stereocenters. The first-order valence-electron chi connectivity index (χ1n) is 10.8. The number of nitrogens with one attached hydrogen (secondary N) is 1. The number of rotatable bonds is 2. The van der Waals surface area contributed by atoms with E-state index in [2.05, 4.69) is 39.2 Å². The first-order chi connectivity index (χ1) is 12.7. The third kappa shape index (κ3) is 9.24. The average molecular weight is 417 g/mol. The van der Waals surface area contributed by atoms with Gasteiger partial charge in [-0.25, -0.2) is 4.79 Å². The maximum atomic E-state index is 11.5. The van der Waals surface area contributed by atoms with Gasteiger partial charge in [-0.3, -0.25) is 0 Å². The molecule has 2 fully saturated rings. The molecule has 0 aromatic rings. The van der Waals surface area contributed by atoms with Crippen molar-refractivity contribution in [2.24, 2.45) is 0 Å². The first-order valence-corrected chi connectivity index (χ1v) is 13.7. The molecular formula is C21H44N2O4Si. The second kappa shape index (κ2) is 10.4. The second-order valence-corrected chi connectivity index (χ2v) is 15.3. The lowest BCUT2D eigenvalue weighted by Gasteiger charge is -2.40. The predicted octanol–water partition coefficient (Wildman–Crippen LogP) is 4.14. The molecule has 2 saturated heterocycles. The highest BCUT2D eigenvalue weighted by atomic mass is 28.4. The van der Waals surface area contributed by atoms with Crippen LogP contribution in [0.1, 0.15) is 67.2 Å². The van der Waals surface area contributed by atoms with Crippen molar-refractivity contribution in [3.05, 3.63) is 0 Å². The molecule has 0 radical (unpaired) electrons. The van der Waals surface area contributed by atoms with Crippen LogP contribution < -0.4 is 5.32 Å². The van der Waals surface area contributed by atoms with Crippen LogP contribution in [0.25, 0.3) is 0 Å². The van der Waals surface area contributed by atoms with Crippen molar-refractivity contribution in [2.75, 3.05) is 26.2 Å². The Labute approximate surface area is 173 Å². The minimum Gasteiger partial charge on any atom is -0.444 e. The van der Waals surface area contributed by atoms with Crippen LogP contribution in [0.3, 0.4) is 0 Å². The van der Waals surface area contributed by atoms with E-state index >= 15 is 0 Å². The van der Waals surface area contributed by atoms with E-state index in [-0.39, 0.29) is 12.2 Å². The Balaban J connectivity index is 0.000000280. The number of hydrogen-bond acceptors (Lipinski definition) is 5. The summed E-state index contributed by atoms with van der Waals surface area (Å²) in [6.45, 7) is 20.6. The van der Waals surface area contributed by atoms with E-state index in [4.69, 9.17) is 9.16 Å². The Kier molecular flexibility index (Phi) is 9.45. The van der Waals surface area contributed by atoms with Gasteiger partial charge in [-0.15, -0.1) is 0 Å². The average Bonchev–Trinajstić information content (AvgIpc) is 2.54. The highest BCUT2D eigenvalue weighted by molar-refractivity contribution is 6.74. The predicted molar refractivity (Wildman–Crippen MR) is 117 cm³/mol. The molecule has 2 rings (SSSR count). The van der Waals surface area contributed by atoms with Gasteiger partial charge in [0.2, 0.25) is 0 Å². The van der Waals surface area contributed by atoms with Gasteiger partial charge in [-0.2, -0.15) is 0 Å². The van der Waals surface area contributed by atoms with Crippen LogP contribution in [0.5, 0.6) is 0 Å². The molecule has 2 aliphatic heterocycles. The van der Waals surface area contributed by atoms with Gasteiger partial charge in [0.15, 0.2) is 8.32 Å². The molecule has 1 amide bonds. The fourth-order valence-corrected chi connectivity index (χ4v) is 4.30. The third-order valence-corrected chi connectivity index (χ3v) is 10.2. The molecule has 0 saturated carbocycles. The molecule has 7 heteroatoms. The molecule has 0 aromatic carbocycles. The number of piperidine rings is 2. The summed E-state index contributed by atoms with van der Waals surface area (Å²) in [4.78, 5) is 13.2. The van der Waals surface area contributed by atoms with Gasteiger partial charge in [0, 0.05) is 19.2 Å². The normalized spacial score (nSPS) is 20.4. The van der Waals surface area contributed by atoms with Gasteiger partial charge in [0.1, 0.15) is 5.60 Å². The summed E-state index contributed by atoms with van der Waals surface area (Å²) < 4.78 is 11.6. The summed E-state index contributed by atoms with van der Waals surface area (Å²) in [5, 5.41) is 13.0. The van der Waals surface area contributed by atoms with Crippen molar-refractivity contribution in [3.63, 3.8) is 0 Å². The van der Waals surface area contributed by atoms with Crippen LogP contribution in [-0.4, -0.2) is 68.4 Å². The zero-order valence-electron chi connectivity index (χ0n) is 19.4. The van der Waals surface area contributed by atoms with Crippen molar-refractivity contribution in [2.45, 2.75) is 103 Å². The summed E-state index contributed by atoms with van der Waals surface area (Å²) in [5.74, 6) is 0. The van der Waals surface area contributed by atoms with Crippen molar-refractivity contribution in [1.29, 1.82) is 0 Å². The Morgan fingerprint density at radius 1 is 1.00 bits per heavy atom. The van der Waals surface area contributed by atoms with E-state index in [1.165, 1.54) is 12.8 Å². The fourth-order valence-electron chi connectivity index (χ4n) is 2.88. The first kappa shape index (κ1) is 25.4. The maximum Gasteiger partial charge on any atom is 0.410 e. The Hall–Kier alpha value is -0.633. The number of amides is 1. The summed E-state index contributed by atoms with van der Waals surface area (Å²) in [6, 6.07) is 0. The van der Waals surface area contributed by atoms with Crippen LogP contribution in [0.2, 0.25) is 18.1 Å². The van der Waals surface area contributed by atoms with Gasteiger partial charge in [0.05, 0.1) is 6.10 Å². The lowest BCUT2D eigenvalue weighted by Crippen LogP contribution is -2.46. The molecule has 0 aliphatic carbocycles. The van der Waals surface area contributed by atoms with Gasteiger partial charge in [-0.05, 0) is 77.7 Å². The highest BCUT2D eigenvalue weighted by Crippen LogP contribution is 2.38. The number of carbonyl (C=O) groups excluding carboxylic acids is 1. The number of ether oxygens (including phenoxy) is 1. The zero-order chi connectivity index (χ0) is 21.6. The molecule has 0 bridgehead atoms. The number of aliphatic hydroxyl groups is 1. The molecule has 2 N–H and O–H groups in total. The maximum absolute atomic E-state index is 11.5. The quantitative estimate of drug-likeness (QED) is 0.662. The Morgan fingerprint density at radius 3 is 1.93 bits per heavy atom. The summed E-state index contributed by atoms with van der Waals surface area (Å²) in [5.41, 5.74) is -0.437. The second-order valence-electron chi connectivity index (χ2n) is 10.5. The van der Waals surface area contributed by atoms with Crippen molar-refractivity contribution in [3.8, 4) is 0 Å². The van der Waals surface area contributed by atoms with Crippen molar-refractivity contribution in [1.82, 2.24) is 10.2 Å². The van der Waals surface area contributed by atoms with Gasteiger partial charge < -0.3 is 24.5 Å². The number of aliphatic hydroxyl groups excluding tert-OH is 1. The van der Waals surface area contributed by atoms with Gasteiger partial charge >= 0.3 is 6.09 Å². The van der Waals surface area contributed by atoms with Crippen LogP contribution >= 0.6 is 0 Å². The number of carbonyl (C=O) groups is 1. The standard InChI is InChI=1S/C11H25NOSi.C10H19NO3/c1-11(2,3)14(4,5)13-10-6-8-12-9-7-10;1-10(2,3)14-9(13)11-6-4-8(12)5-7-11/h10,12H,6-9H2,1-5H3;8,12H,4-7H2,1-3H3. The largest absolute Gasteiger partial charge is 0.444 e. The summed E-state index contributed by atoms with van der Waals surface area (Å²) in [7, 11) is -1.52. The highest BCUT2D eigenvalue weighted by Gasteiger charge is 2.39. The molecule has 166 valence electrons. The zero-order valence-corrected chi connectivity index (χ0v) is 20.4. The number of hydrogen-bond donors (Lipinski definition) is 2. The summed E-state index contributed by atoms with van der Waals surface area (Å²) >= 11 is 0. The molecule has 6 nitrogen and oxygen atoms in total. The SMILES string of the molecule is CC(C)(C)OC(=O)N1CCC(O)CC1.CC(C)(C)[Si](C)(C)OC1CCNCC1. The van der Waals surface area contributed by atoms with Crippen LogP contribution in [0, 0.1) is 0 Å². The minimum absolute atomic E-state index is 0.256.